The van der Waals surface area contributed by atoms with Crippen LogP contribution < -0.4 is 5.32 Å². The molecule has 2 aromatic rings. The van der Waals surface area contributed by atoms with E-state index in [0.717, 1.165) is 27.2 Å². The molecule has 1 aromatic carbocycles. The number of benzene rings is 1. The van der Waals surface area contributed by atoms with E-state index in [4.69, 9.17) is 11.6 Å². The van der Waals surface area contributed by atoms with Crippen LogP contribution in [0.25, 0.3) is 0 Å². The van der Waals surface area contributed by atoms with Gasteiger partial charge in [-0.15, -0.1) is 0 Å². The topological polar surface area (TPSA) is 29.9 Å². The molecule has 0 saturated heterocycles. The van der Waals surface area contributed by atoms with Crippen LogP contribution in [-0.2, 0) is 6.54 Å². The van der Waals surface area contributed by atoms with E-state index < -0.39 is 0 Å². The highest BCUT2D eigenvalue weighted by atomic mass is 79.9. The number of hydrogen-bond acceptors (Lipinski definition) is 2. The van der Waals surface area contributed by atoms with E-state index in [1.165, 1.54) is 0 Å². The Morgan fingerprint density at radius 2 is 2.28 bits per heavy atom. The van der Waals surface area contributed by atoms with Crippen molar-refractivity contribution >= 4 is 27.5 Å². The van der Waals surface area contributed by atoms with Gasteiger partial charge in [0.15, 0.2) is 0 Å². The number of nitrogens with zero attached hydrogens (tertiary/aromatic N) is 2. The fourth-order valence-electron chi connectivity index (χ4n) is 1.94. The highest BCUT2D eigenvalue weighted by molar-refractivity contribution is 9.10. The molecule has 5 heteroatoms. The van der Waals surface area contributed by atoms with Crippen LogP contribution in [0.2, 0.25) is 5.02 Å². The maximum Gasteiger partial charge on any atom is 0.0620 e. The number of halogens is 2. The zero-order chi connectivity index (χ0) is 13.1. The fourth-order valence-corrected chi connectivity index (χ4v) is 2.54. The summed E-state index contributed by atoms with van der Waals surface area (Å²) in [7, 11) is 1.92. The summed E-state index contributed by atoms with van der Waals surface area (Å²) in [5.41, 5.74) is 2.16. The first kappa shape index (κ1) is 13.6. The van der Waals surface area contributed by atoms with Crippen molar-refractivity contribution in [3.05, 3.63) is 51.2 Å². The maximum atomic E-state index is 6.27. The minimum absolute atomic E-state index is 0.0512. The second kappa shape index (κ2) is 5.87. The summed E-state index contributed by atoms with van der Waals surface area (Å²) >= 11 is 9.75. The van der Waals surface area contributed by atoms with Crippen LogP contribution in [0.1, 0.15) is 24.1 Å². The molecule has 2 rings (SSSR count). The van der Waals surface area contributed by atoms with Gasteiger partial charge in [0.05, 0.1) is 12.2 Å². The quantitative estimate of drug-likeness (QED) is 0.929. The first-order chi connectivity index (χ1) is 8.65. The molecule has 0 fully saturated rings. The smallest absolute Gasteiger partial charge is 0.0620 e. The van der Waals surface area contributed by atoms with Gasteiger partial charge in [0.25, 0.3) is 0 Å². The molecule has 1 atom stereocenters. The lowest BCUT2D eigenvalue weighted by molar-refractivity contribution is 0.653. The average molecular weight is 329 g/mol. The maximum absolute atomic E-state index is 6.27. The SMILES string of the molecule is CCn1cc(C(NC)c2cc(Br)ccc2Cl)cn1. The predicted molar refractivity (Wildman–Crippen MR) is 78.0 cm³/mol. The highest BCUT2D eigenvalue weighted by Crippen LogP contribution is 2.30. The van der Waals surface area contributed by atoms with Crippen molar-refractivity contribution in [3.63, 3.8) is 0 Å². The molecular formula is C13H15BrClN3. The van der Waals surface area contributed by atoms with Gasteiger partial charge >= 0.3 is 0 Å². The molecule has 0 aliphatic rings. The Morgan fingerprint density at radius 1 is 1.50 bits per heavy atom. The summed E-state index contributed by atoms with van der Waals surface area (Å²) in [6, 6.07) is 5.92. The average Bonchev–Trinajstić information content (AvgIpc) is 2.83. The third-order valence-electron chi connectivity index (χ3n) is 2.87. The molecule has 18 heavy (non-hydrogen) atoms. The van der Waals surface area contributed by atoms with E-state index in [2.05, 4.69) is 33.3 Å². The molecule has 3 nitrogen and oxygen atoms in total. The van der Waals surface area contributed by atoms with Gasteiger partial charge in [-0.25, -0.2) is 0 Å². The van der Waals surface area contributed by atoms with Crippen LogP contribution in [0.15, 0.2) is 35.1 Å². The van der Waals surface area contributed by atoms with Crippen LogP contribution in [0.5, 0.6) is 0 Å². The van der Waals surface area contributed by atoms with Crippen molar-refractivity contribution in [1.29, 1.82) is 0 Å². The zero-order valence-corrected chi connectivity index (χ0v) is 12.7. The highest BCUT2D eigenvalue weighted by Gasteiger charge is 2.17. The number of nitrogens with one attached hydrogen (secondary N) is 1. The van der Waals surface area contributed by atoms with E-state index in [0.29, 0.717) is 0 Å². The Hall–Kier alpha value is -0.840. The summed E-state index contributed by atoms with van der Waals surface area (Å²) in [5, 5.41) is 8.34. The van der Waals surface area contributed by atoms with Gasteiger partial charge in [0, 0.05) is 27.8 Å². The number of aromatic nitrogens is 2. The Bertz CT molecular complexity index is 539. The lowest BCUT2D eigenvalue weighted by Crippen LogP contribution is -2.17. The van der Waals surface area contributed by atoms with Crippen molar-refractivity contribution < 1.29 is 0 Å². The van der Waals surface area contributed by atoms with Crippen LogP contribution in [0.4, 0.5) is 0 Å². The lowest BCUT2D eigenvalue weighted by atomic mass is 10.0. The van der Waals surface area contributed by atoms with E-state index in [1.54, 1.807) is 0 Å². The van der Waals surface area contributed by atoms with Gasteiger partial charge in [-0.1, -0.05) is 27.5 Å². The van der Waals surface area contributed by atoms with Crippen molar-refractivity contribution in [2.24, 2.45) is 0 Å². The van der Waals surface area contributed by atoms with Crippen LogP contribution in [-0.4, -0.2) is 16.8 Å². The molecule has 1 aromatic heterocycles. The summed E-state index contributed by atoms with van der Waals surface area (Å²) in [5.74, 6) is 0. The number of hydrogen-bond donors (Lipinski definition) is 1. The largest absolute Gasteiger partial charge is 0.309 e. The van der Waals surface area contributed by atoms with E-state index in [1.807, 2.05) is 42.3 Å². The van der Waals surface area contributed by atoms with Crippen molar-refractivity contribution in [3.8, 4) is 0 Å². The molecular weight excluding hydrogens is 314 g/mol. The molecule has 0 aliphatic heterocycles. The molecule has 1 N–H and O–H groups in total. The van der Waals surface area contributed by atoms with Crippen molar-refractivity contribution in [2.75, 3.05) is 7.05 Å². The Balaban J connectivity index is 2.41. The Morgan fingerprint density at radius 3 is 2.89 bits per heavy atom. The Labute approximate surface area is 120 Å². The summed E-state index contributed by atoms with van der Waals surface area (Å²) < 4.78 is 2.93. The normalized spacial score (nSPS) is 12.7. The van der Waals surface area contributed by atoms with Crippen LogP contribution in [0.3, 0.4) is 0 Å². The van der Waals surface area contributed by atoms with Gasteiger partial charge in [0.1, 0.15) is 0 Å². The van der Waals surface area contributed by atoms with Crippen LogP contribution in [0, 0.1) is 0 Å². The molecule has 0 saturated carbocycles. The molecule has 96 valence electrons. The zero-order valence-electron chi connectivity index (χ0n) is 10.3. The van der Waals surface area contributed by atoms with E-state index >= 15 is 0 Å². The molecule has 0 spiro atoms. The minimum atomic E-state index is 0.0512. The van der Waals surface area contributed by atoms with Crippen molar-refractivity contribution in [2.45, 2.75) is 19.5 Å². The summed E-state index contributed by atoms with van der Waals surface area (Å²) in [4.78, 5) is 0. The second-order valence-electron chi connectivity index (χ2n) is 4.02. The fraction of sp³-hybridized carbons (Fsp3) is 0.308. The lowest BCUT2D eigenvalue weighted by Gasteiger charge is -2.16. The first-order valence-corrected chi connectivity index (χ1v) is 6.97. The summed E-state index contributed by atoms with van der Waals surface area (Å²) in [6.07, 6.45) is 3.92. The molecule has 0 bridgehead atoms. The van der Waals surface area contributed by atoms with Gasteiger partial charge < -0.3 is 5.32 Å². The molecule has 0 amide bonds. The standard InChI is InChI=1S/C13H15BrClN3/c1-3-18-8-9(7-17-18)13(16-2)11-6-10(14)4-5-12(11)15/h4-8,13,16H,3H2,1-2H3. The number of aryl methyl sites for hydroxylation is 1. The van der Waals surface area contributed by atoms with E-state index in [-0.39, 0.29) is 6.04 Å². The van der Waals surface area contributed by atoms with Gasteiger partial charge in [-0.2, -0.15) is 5.10 Å². The first-order valence-electron chi connectivity index (χ1n) is 5.80. The third-order valence-corrected chi connectivity index (χ3v) is 3.71. The van der Waals surface area contributed by atoms with Gasteiger partial charge in [-0.3, -0.25) is 4.68 Å². The molecule has 0 aliphatic carbocycles. The Kier molecular flexibility index (Phi) is 4.43. The second-order valence-corrected chi connectivity index (χ2v) is 5.34. The third kappa shape index (κ3) is 2.76. The van der Waals surface area contributed by atoms with Gasteiger partial charge in [-0.05, 0) is 37.7 Å². The van der Waals surface area contributed by atoms with Crippen LogP contribution >= 0.6 is 27.5 Å². The molecule has 1 unspecified atom stereocenters. The van der Waals surface area contributed by atoms with Crippen molar-refractivity contribution in [1.82, 2.24) is 15.1 Å². The number of rotatable bonds is 4. The molecule has 1 heterocycles. The van der Waals surface area contributed by atoms with Gasteiger partial charge in [0.2, 0.25) is 0 Å². The molecule has 0 radical (unpaired) electrons. The van der Waals surface area contributed by atoms with E-state index in [9.17, 15) is 0 Å². The minimum Gasteiger partial charge on any atom is -0.309 e. The predicted octanol–water partition coefficient (Wildman–Crippen LogP) is 3.63. The monoisotopic (exact) mass is 327 g/mol. The summed E-state index contributed by atoms with van der Waals surface area (Å²) in [6.45, 7) is 2.93.